The Hall–Kier alpha value is -2.13. The van der Waals surface area contributed by atoms with Crippen molar-refractivity contribution in [1.29, 1.82) is 0 Å². The van der Waals surface area contributed by atoms with Gasteiger partial charge in [0.1, 0.15) is 0 Å². The van der Waals surface area contributed by atoms with Crippen LogP contribution in [0.4, 0.5) is 0 Å². The predicted octanol–water partition coefficient (Wildman–Crippen LogP) is 3.12. The zero-order valence-electron chi connectivity index (χ0n) is 12.4. The van der Waals surface area contributed by atoms with E-state index in [1.807, 2.05) is 62.4 Å². The normalized spacial score (nSPS) is 19.1. The molecule has 0 saturated carbocycles. The predicted molar refractivity (Wildman–Crippen MR) is 80.0 cm³/mol. The van der Waals surface area contributed by atoms with Crippen molar-refractivity contribution in [2.75, 3.05) is 7.11 Å². The number of esters is 1. The molecule has 3 nitrogen and oxygen atoms in total. The molecule has 1 unspecified atom stereocenters. The number of epoxide rings is 1. The summed E-state index contributed by atoms with van der Waals surface area (Å²) in [5.74, 6) is -0.337. The van der Waals surface area contributed by atoms with Crippen LogP contribution in [0.2, 0.25) is 0 Å². The number of hydrogen-bond acceptors (Lipinski definition) is 3. The number of hydrogen-bond donors (Lipinski definition) is 0. The minimum atomic E-state index is -0.714. The van der Waals surface area contributed by atoms with Crippen LogP contribution in [0.15, 0.2) is 48.5 Å². The Bertz CT molecular complexity index is 610. The maximum atomic E-state index is 11.9. The highest BCUT2D eigenvalue weighted by molar-refractivity contribution is 5.81. The zero-order valence-corrected chi connectivity index (χ0v) is 12.4. The number of rotatable bonds is 3. The lowest BCUT2D eigenvalue weighted by Crippen LogP contribution is -2.21. The van der Waals surface area contributed by atoms with Gasteiger partial charge in [-0.3, -0.25) is 0 Å². The number of aryl methyl sites for hydroxylation is 2. The molecule has 3 heteroatoms. The van der Waals surface area contributed by atoms with Crippen molar-refractivity contribution in [1.82, 2.24) is 0 Å². The summed E-state index contributed by atoms with van der Waals surface area (Å²) < 4.78 is 10.7. The molecule has 1 heterocycles. The summed E-state index contributed by atoms with van der Waals surface area (Å²) in [7, 11) is 1.39. The van der Waals surface area contributed by atoms with E-state index in [4.69, 9.17) is 9.47 Å². The molecular formula is C18H18O3. The van der Waals surface area contributed by atoms with Gasteiger partial charge in [0.25, 0.3) is 0 Å². The summed E-state index contributed by atoms with van der Waals surface area (Å²) in [6.07, 6.45) is -0.576. The number of carbonyl (C=O) groups excluding carboxylic acids is 1. The van der Waals surface area contributed by atoms with Gasteiger partial charge in [0.2, 0.25) is 0 Å². The standard InChI is InChI=1S/C18H18O3/c1-12-4-8-14(9-5-12)18(16(21-18)17(19)20-3)15-10-6-13(2)7-11-15/h4-11,16H,1-3H3. The molecule has 1 fully saturated rings. The summed E-state index contributed by atoms with van der Waals surface area (Å²) in [6, 6.07) is 16.2. The van der Waals surface area contributed by atoms with Crippen molar-refractivity contribution in [3.05, 3.63) is 70.8 Å². The third-order valence-corrected chi connectivity index (χ3v) is 3.99. The van der Waals surface area contributed by atoms with E-state index in [9.17, 15) is 4.79 Å². The molecular weight excluding hydrogens is 264 g/mol. The largest absolute Gasteiger partial charge is 0.467 e. The maximum absolute atomic E-state index is 11.9. The zero-order chi connectivity index (χ0) is 15.0. The lowest BCUT2D eigenvalue weighted by atomic mass is 9.87. The minimum absolute atomic E-state index is 0.337. The quantitative estimate of drug-likeness (QED) is 0.641. The van der Waals surface area contributed by atoms with Crippen LogP contribution in [0.3, 0.4) is 0 Å². The Morgan fingerprint density at radius 3 is 1.76 bits per heavy atom. The molecule has 0 aliphatic carbocycles. The van der Waals surface area contributed by atoms with E-state index in [0.29, 0.717) is 0 Å². The highest BCUT2D eigenvalue weighted by Gasteiger charge is 2.63. The second-order valence-electron chi connectivity index (χ2n) is 5.49. The summed E-state index contributed by atoms with van der Waals surface area (Å²) in [5, 5.41) is 0. The fourth-order valence-electron chi connectivity index (χ4n) is 2.68. The number of carbonyl (C=O) groups is 1. The molecule has 0 amide bonds. The first-order chi connectivity index (χ1) is 10.1. The molecule has 2 aromatic rings. The average molecular weight is 282 g/mol. The Morgan fingerprint density at radius 1 is 0.952 bits per heavy atom. The van der Waals surface area contributed by atoms with Gasteiger partial charge < -0.3 is 9.47 Å². The van der Waals surface area contributed by atoms with E-state index in [0.717, 1.165) is 11.1 Å². The number of ether oxygens (including phenoxy) is 2. The summed E-state index contributed by atoms with van der Waals surface area (Å²) >= 11 is 0. The van der Waals surface area contributed by atoms with Crippen molar-refractivity contribution in [3.8, 4) is 0 Å². The molecule has 21 heavy (non-hydrogen) atoms. The van der Waals surface area contributed by atoms with Crippen molar-refractivity contribution in [3.63, 3.8) is 0 Å². The monoisotopic (exact) mass is 282 g/mol. The first-order valence-electron chi connectivity index (χ1n) is 6.98. The molecule has 3 rings (SSSR count). The van der Waals surface area contributed by atoms with Crippen LogP contribution >= 0.6 is 0 Å². The fraction of sp³-hybridized carbons (Fsp3) is 0.278. The lowest BCUT2D eigenvalue weighted by Gasteiger charge is -2.14. The molecule has 1 aliphatic heterocycles. The molecule has 108 valence electrons. The molecule has 0 bridgehead atoms. The van der Waals surface area contributed by atoms with Gasteiger partial charge in [-0.05, 0) is 25.0 Å². The van der Waals surface area contributed by atoms with Gasteiger partial charge in [-0.2, -0.15) is 0 Å². The van der Waals surface area contributed by atoms with Crippen molar-refractivity contribution in [2.45, 2.75) is 25.6 Å². The number of methoxy groups -OCH3 is 1. The van der Waals surface area contributed by atoms with Crippen molar-refractivity contribution >= 4 is 5.97 Å². The molecule has 1 atom stereocenters. The first-order valence-corrected chi connectivity index (χ1v) is 6.98. The van der Waals surface area contributed by atoms with Gasteiger partial charge in [-0.15, -0.1) is 0 Å². The fourth-order valence-corrected chi connectivity index (χ4v) is 2.68. The van der Waals surface area contributed by atoms with Crippen LogP contribution in [0.25, 0.3) is 0 Å². The summed E-state index contributed by atoms with van der Waals surface area (Å²) in [6.45, 7) is 4.07. The topological polar surface area (TPSA) is 38.8 Å². The molecule has 0 N–H and O–H groups in total. The third kappa shape index (κ3) is 2.24. The van der Waals surface area contributed by atoms with Crippen LogP contribution in [0.5, 0.6) is 0 Å². The lowest BCUT2D eigenvalue weighted by molar-refractivity contribution is -0.142. The second kappa shape index (κ2) is 5.01. The van der Waals surface area contributed by atoms with Crippen molar-refractivity contribution in [2.24, 2.45) is 0 Å². The van der Waals surface area contributed by atoms with E-state index >= 15 is 0 Å². The Morgan fingerprint density at radius 2 is 1.38 bits per heavy atom. The molecule has 1 saturated heterocycles. The second-order valence-corrected chi connectivity index (χ2v) is 5.49. The third-order valence-electron chi connectivity index (χ3n) is 3.99. The highest BCUT2D eigenvalue weighted by atomic mass is 16.7. The average Bonchev–Trinajstić information content (AvgIpc) is 3.24. The summed E-state index contributed by atoms with van der Waals surface area (Å²) in [4.78, 5) is 11.9. The molecule has 0 spiro atoms. The smallest absolute Gasteiger partial charge is 0.338 e. The van der Waals surface area contributed by atoms with Crippen molar-refractivity contribution < 1.29 is 14.3 Å². The van der Waals surface area contributed by atoms with Gasteiger partial charge >= 0.3 is 5.97 Å². The maximum Gasteiger partial charge on any atom is 0.338 e. The van der Waals surface area contributed by atoms with E-state index in [-0.39, 0.29) is 5.97 Å². The SMILES string of the molecule is COC(=O)C1OC1(c1ccc(C)cc1)c1ccc(C)cc1. The van der Waals surface area contributed by atoms with E-state index in [1.54, 1.807) is 0 Å². The van der Waals surface area contributed by atoms with Gasteiger partial charge in [-0.1, -0.05) is 59.7 Å². The van der Waals surface area contributed by atoms with Gasteiger partial charge in [-0.25, -0.2) is 4.79 Å². The van der Waals surface area contributed by atoms with Crippen LogP contribution in [-0.4, -0.2) is 19.2 Å². The van der Waals surface area contributed by atoms with Gasteiger partial charge in [0.05, 0.1) is 7.11 Å². The Labute approximate surface area is 124 Å². The van der Waals surface area contributed by atoms with Gasteiger partial charge in [0, 0.05) is 0 Å². The minimum Gasteiger partial charge on any atom is -0.467 e. The number of benzene rings is 2. The highest BCUT2D eigenvalue weighted by Crippen LogP contribution is 2.52. The molecule has 0 radical (unpaired) electrons. The van der Waals surface area contributed by atoms with Crippen LogP contribution < -0.4 is 0 Å². The van der Waals surface area contributed by atoms with E-state index in [1.165, 1.54) is 18.2 Å². The summed E-state index contributed by atoms with van der Waals surface area (Å²) in [5.41, 5.74) is 3.59. The molecule has 0 aromatic heterocycles. The van der Waals surface area contributed by atoms with E-state index in [2.05, 4.69) is 0 Å². The Kier molecular flexibility index (Phi) is 3.30. The molecule has 1 aliphatic rings. The van der Waals surface area contributed by atoms with Gasteiger partial charge in [0.15, 0.2) is 11.7 Å². The van der Waals surface area contributed by atoms with Crippen LogP contribution in [-0.2, 0) is 19.9 Å². The van der Waals surface area contributed by atoms with Crippen LogP contribution in [0, 0.1) is 13.8 Å². The molecule has 2 aromatic carbocycles. The van der Waals surface area contributed by atoms with Crippen LogP contribution in [0.1, 0.15) is 22.3 Å². The first kappa shape index (κ1) is 13.8. The Balaban J connectivity index is 2.07. The van der Waals surface area contributed by atoms with E-state index < -0.39 is 11.7 Å².